The highest BCUT2D eigenvalue weighted by atomic mass is 16.5. The van der Waals surface area contributed by atoms with Crippen LogP contribution in [-0.2, 0) is 6.54 Å². The zero-order valence-corrected chi connectivity index (χ0v) is 10.8. The Morgan fingerprint density at radius 1 is 1.32 bits per heavy atom. The van der Waals surface area contributed by atoms with E-state index in [-0.39, 0.29) is 6.61 Å². The molecule has 4 heteroatoms. The lowest BCUT2D eigenvalue weighted by atomic mass is 10.2. The first kappa shape index (κ1) is 12.9. The zero-order chi connectivity index (χ0) is 13.5. The molecule has 1 aromatic carbocycles. The van der Waals surface area contributed by atoms with Crippen molar-refractivity contribution in [3.8, 4) is 11.8 Å². The van der Waals surface area contributed by atoms with Crippen LogP contribution in [0.3, 0.4) is 0 Å². The summed E-state index contributed by atoms with van der Waals surface area (Å²) in [5.41, 5.74) is 3.08. The summed E-state index contributed by atoms with van der Waals surface area (Å²) >= 11 is 0. The highest BCUT2D eigenvalue weighted by Gasteiger charge is 1.98. The number of benzene rings is 1. The van der Waals surface area contributed by atoms with Crippen molar-refractivity contribution in [1.29, 1.82) is 5.26 Å². The molecule has 1 heterocycles. The molecule has 0 amide bonds. The van der Waals surface area contributed by atoms with Gasteiger partial charge >= 0.3 is 0 Å². The summed E-state index contributed by atoms with van der Waals surface area (Å²) in [5, 5.41) is 11.8. The number of nitrogens with zero attached hydrogens (tertiary/aromatic N) is 2. The Bertz CT molecular complexity index is 573. The minimum atomic E-state index is 0.0608. The van der Waals surface area contributed by atoms with Gasteiger partial charge in [-0.25, -0.2) is 0 Å². The third-order valence-electron chi connectivity index (χ3n) is 2.61. The maximum atomic E-state index is 8.47. The van der Waals surface area contributed by atoms with Gasteiger partial charge in [0, 0.05) is 30.2 Å². The molecule has 0 unspecified atom stereocenters. The van der Waals surface area contributed by atoms with Crippen molar-refractivity contribution in [3.05, 3.63) is 53.9 Å². The van der Waals surface area contributed by atoms with Crippen LogP contribution in [0.15, 0.2) is 42.6 Å². The van der Waals surface area contributed by atoms with E-state index < -0.39 is 0 Å². The highest BCUT2D eigenvalue weighted by molar-refractivity contribution is 5.48. The topological polar surface area (TPSA) is 57.9 Å². The van der Waals surface area contributed by atoms with Crippen molar-refractivity contribution >= 4 is 5.69 Å². The van der Waals surface area contributed by atoms with E-state index in [2.05, 4.69) is 10.3 Å². The first-order chi connectivity index (χ1) is 9.28. The number of hydrogen-bond donors (Lipinski definition) is 1. The van der Waals surface area contributed by atoms with Crippen LogP contribution in [0.2, 0.25) is 0 Å². The van der Waals surface area contributed by atoms with Crippen molar-refractivity contribution in [3.63, 3.8) is 0 Å². The van der Waals surface area contributed by atoms with Crippen LogP contribution in [0.5, 0.6) is 5.75 Å². The average Bonchev–Trinajstić information content (AvgIpc) is 2.45. The molecule has 0 radical (unpaired) electrons. The molecule has 2 aromatic rings. The van der Waals surface area contributed by atoms with Crippen LogP contribution in [0, 0.1) is 18.3 Å². The molecule has 2 rings (SSSR count). The number of aromatic nitrogens is 1. The maximum Gasteiger partial charge on any atom is 0.174 e. The van der Waals surface area contributed by atoms with Crippen LogP contribution in [0.4, 0.5) is 5.69 Å². The average molecular weight is 253 g/mol. The summed E-state index contributed by atoms with van der Waals surface area (Å²) in [6.07, 6.45) is 1.86. The standard InChI is InChI=1S/C15H15N3O/c1-12-5-6-13(10-17-12)11-18-14-3-2-4-15(9-14)19-8-7-16/h2-6,9-10,18H,8,11H2,1H3. The van der Waals surface area contributed by atoms with Gasteiger partial charge in [-0.15, -0.1) is 0 Å². The fourth-order valence-corrected chi connectivity index (χ4v) is 1.62. The van der Waals surface area contributed by atoms with Gasteiger partial charge in [0.25, 0.3) is 0 Å². The summed E-state index contributed by atoms with van der Waals surface area (Å²) in [6, 6.07) is 13.5. The summed E-state index contributed by atoms with van der Waals surface area (Å²) < 4.78 is 5.25. The second-order valence-corrected chi connectivity index (χ2v) is 4.14. The second-order valence-electron chi connectivity index (χ2n) is 4.14. The lowest BCUT2D eigenvalue weighted by Crippen LogP contribution is -2.01. The van der Waals surface area contributed by atoms with Gasteiger partial charge in [-0.3, -0.25) is 4.98 Å². The van der Waals surface area contributed by atoms with Gasteiger partial charge in [0.15, 0.2) is 6.61 Å². The quantitative estimate of drug-likeness (QED) is 0.890. The van der Waals surface area contributed by atoms with E-state index in [4.69, 9.17) is 10.00 Å². The molecule has 0 aliphatic heterocycles. The lowest BCUT2D eigenvalue weighted by molar-refractivity contribution is 0.368. The smallest absolute Gasteiger partial charge is 0.174 e. The van der Waals surface area contributed by atoms with E-state index in [1.807, 2.05) is 55.6 Å². The van der Waals surface area contributed by atoms with E-state index in [1.54, 1.807) is 0 Å². The van der Waals surface area contributed by atoms with E-state index in [0.29, 0.717) is 12.3 Å². The number of ether oxygens (including phenoxy) is 1. The van der Waals surface area contributed by atoms with Gasteiger partial charge in [-0.2, -0.15) is 5.26 Å². The van der Waals surface area contributed by atoms with Gasteiger partial charge in [-0.05, 0) is 30.7 Å². The Labute approximate surface area is 112 Å². The summed E-state index contributed by atoms with van der Waals surface area (Å²) in [5.74, 6) is 0.689. The first-order valence-electron chi connectivity index (χ1n) is 6.03. The van der Waals surface area contributed by atoms with Gasteiger partial charge < -0.3 is 10.1 Å². The number of aryl methyl sites for hydroxylation is 1. The van der Waals surface area contributed by atoms with Crippen LogP contribution in [0.1, 0.15) is 11.3 Å². The molecular formula is C15H15N3O. The van der Waals surface area contributed by atoms with E-state index in [1.165, 1.54) is 0 Å². The molecular weight excluding hydrogens is 238 g/mol. The molecule has 0 bridgehead atoms. The summed E-state index contributed by atoms with van der Waals surface area (Å²) in [7, 11) is 0. The van der Waals surface area contributed by atoms with Crippen molar-refractivity contribution in [2.75, 3.05) is 11.9 Å². The normalized spacial score (nSPS) is 9.68. The Hall–Kier alpha value is -2.54. The van der Waals surface area contributed by atoms with Gasteiger partial charge in [0.05, 0.1) is 0 Å². The predicted octanol–water partition coefficient (Wildman–Crippen LogP) is 2.90. The monoisotopic (exact) mass is 253 g/mol. The van der Waals surface area contributed by atoms with E-state index in [9.17, 15) is 0 Å². The number of rotatable bonds is 5. The number of nitriles is 1. The number of nitrogens with one attached hydrogen (secondary N) is 1. The van der Waals surface area contributed by atoms with Gasteiger partial charge in [0.2, 0.25) is 0 Å². The van der Waals surface area contributed by atoms with Gasteiger partial charge in [0.1, 0.15) is 11.8 Å². The minimum absolute atomic E-state index is 0.0608. The third-order valence-corrected chi connectivity index (χ3v) is 2.61. The number of hydrogen-bond acceptors (Lipinski definition) is 4. The molecule has 4 nitrogen and oxygen atoms in total. The van der Waals surface area contributed by atoms with Crippen LogP contribution < -0.4 is 10.1 Å². The van der Waals surface area contributed by atoms with Crippen molar-refractivity contribution < 1.29 is 4.74 Å². The Morgan fingerprint density at radius 3 is 2.95 bits per heavy atom. The molecule has 0 aliphatic carbocycles. The Balaban J connectivity index is 1.95. The van der Waals surface area contributed by atoms with E-state index in [0.717, 1.165) is 16.9 Å². The second kappa shape index (κ2) is 6.41. The molecule has 0 saturated carbocycles. The largest absolute Gasteiger partial charge is 0.479 e. The van der Waals surface area contributed by atoms with E-state index >= 15 is 0 Å². The van der Waals surface area contributed by atoms with Gasteiger partial charge in [-0.1, -0.05) is 12.1 Å². The fourth-order valence-electron chi connectivity index (χ4n) is 1.62. The van der Waals surface area contributed by atoms with Crippen molar-refractivity contribution in [1.82, 2.24) is 4.98 Å². The molecule has 0 saturated heterocycles. The molecule has 0 spiro atoms. The SMILES string of the molecule is Cc1ccc(CNc2cccc(OCC#N)c2)cn1. The maximum absolute atomic E-state index is 8.47. The molecule has 19 heavy (non-hydrogen) atoms. The zero-order valence-electron chi connectivity index (χ0n) is 10.8. The molecule has 1 aromatic heterocycles. The molecule has 96 valence electrons. The Kier molecular flexibility index (Phi) is 4.35. The molecule has 0 fully saturated rings. The van der Waals surface area contributed by atoms with Crippen LogP contribution in [-0.4, -0.2) is 11.6 Å². The first-order valence-corrected chi connectivity index (χ1v) is 6.03. The van der Waals surface area contributed by atoms with Crippen LogP contribution in [0.25, 0.3) is 0 Å². The number of anilines is 1. The molecule has 1 N–H and O–H groups in total. The fraction of sp³-hybridized carbons (Fsp3) is 0.200. The molecule has 0 aliphatic rings. The third kappa shape index (κ3) is 4.00. The molecule has 0 atom stereocenters. The highest BCUT2D eigenvalue weighted by Crippen LogP contribution is 2.17. The predicted molar refractivity (Wildman–Crippen MR) is 73.9 cm³/mol. The minimum Gasteiger partial charge on any atom is -0.479 e. The van der Waals surface area contributed by atoms with Crippen molar-refractivity contribution in [2.24, 2.45) is 0 Å². The summed E-state index contributed by atoms with van der Waals surface area (Å²) in [4.78, 5) is 4.25. The van der Waals surface area contributed by atoms with Crippen molar-refractivity contribution in [2.45, 2.75) is 13.5 Å². The Morgan fingerprint density at radius 2 is 2.21 bits per heavy atom. The van der Waals surface area contributed by atoms with Crippen LogP contribution >= 0.6 is 0 Å². The number of pyridine rings is 1. The lowest BCUT2D eigenvalue weighted by Gasteiger charge is -2.08. The summed E-state index contributed by atoms with van der Waals surface area (Å²) in [6.45, 7) is 2.73.